The van der Waals surface area contributed by atoms with Crippen LogP contribution in [0.2, 0.25) is 0 Å². The van der Waals surface area contributed by atoms with Gasteiger partial charge in [0.2, 0.25) is 0 Å². The topological polar surface area (TPSA) is 80.9 Å². The zero-order valence-corrected chi connectivity index (χ0v) is 7.27. The maximum absolute atomic E-state index is 10.5. The highest BCUT2D eigenvalue weighted by Crippen LogP contribution is 2.12. The van der Waals surface area contributed by atoms with E-state index in [1.807, 2.05) is 24.3 Å². The highest BCUT2D eigenvalue weighted by Gasteiger charge is 1.99. The summed E-state index contributed by atoms with van der Waals surface area (Å²) in [5.41, 5.74) is 5.73. The average Bonchev–Trinajstić information content (AvgIpc) is 2.17. The quantitative estimate of drug-likeness (QED) is 0.703. The van der Waals surface area contributed by atoms with Crippen molar-refractivity contribution in [1.29, 1.82) is 0 Å². The normalized spacial score (nSPS) is 10.0. The van der Waals surface area contributed by atoms with E-state index in [1.165, 1.54) is 0 Å². The van der Waals surface area contributed by atoms with Gasteiger partial charge in [-0.25, -0.2) is 4.79 Å². The monoisotopic (exact) mass is 188 g/mol. The first-order valence-electron chi connectivity index (χ1n) is 4.04. The fourth-order valence-corrected chi connectivity index (χ4v) is 1.17. The van der Waals surface area contributed by atoms with E-state index in [-0.39, 0.29) is 0 Å². The van der Waals surface area contributed by atoms with E-state index in [9.17, 15) is 4.79 Å². The number of carbonyl (C=O) groups excluding carboxylic acids is 1. The first-order valence-corrected chi connectivity index (χ1v) is 4.04. The third kappa shape index (κ3) is 1.61. The first-order chi connectivity index (χ1) is 6.75. The van der Waals surface area contributed by atoms with Crippen LogP contribution in [0.4, 0.5) is 10.6 Å². The Morgan fingerprint density at radius 3 is 2.86 bits per heavy atom. The third-order valence-electron chi connectivity index (χ3n) is 1.75. The number of nitrogens with zero attached hydrogens (tertiary/aromatic N) is 2. The summed E-state index contributed by atoms with van der Waals surface area (Å²) in [5, 5.41) is 11.0. The van der Waals surface area contributed by atoms with E-state index in [1.54, 1.807) is 6.07 Å². The van der Waals surface area contributed by atoms with Crippen molar-refractivity contribution in [2.24, 2.45) is 5.73 Å². The summed E-state index contributed by atoms with van der Waals surface area (Å²) in [6.45, 7) is 0. The first kappa shape index (κ1) is 8.43. The molecule has 0 saturated heterocycles. The minimum Gasteiger partial charge on any atom is -0.351 e. The molecule has 5 heteroatoms. The van der Waals surface area contributed by atoms with E-state index in [2.05, 4.69) is 15.5 Å². The average molecular weight is 188 g/mol. The second kappa shape index (κ2) is 3.29. The van der Waals surface area contributed by atoms with Crippen LogP contribution in [-0.4, -0.2) is 16.2 Å². The van der Waals surface area contributed by atoms with Crippen LogP contribution in [0, 0.1) is 0 Å². The number of nitrogens with one attached hydrogen (secondary N) is 1. The number of carbonyl (C=O) groups is 1. The second-order valence-corrected chi connectivity index (χ2v) is 2.78. The number of anilines is 1. The Bertz CT molecular complexity index is 483. The van der Waals surface area contributed by atoms with Crippen LogP contribution in [0.25, 0.3) is 10.9 Å². The van der Waals surface area contributed by atoms with Gasteiger partial charge in [0.05, 0.1) is 5.52 Å². The van der Waals surface area contributed by atoms with Gasteiger partial charge in [-0.3, -0.25) is 5.32 Å². The summed E-state index contributed by atoms with van der Waals surface area (Å²) in [4.78, 5) is 10.5. The lowest BCUT2D eigenvalue weighted by atomic mass is 10.2. The zero-order valence-electron chi connectivity index (χ0n) is 7.27. The van der Waals surface area contributed by atoms with E-state index in [4.69, 9.17) is 5.73 Å². The summed E-state index contributed by atoms with van der Waals surface area (Å²) in [6, 6.07) is 8.56. The van der Waals surface area contributed by atoms with Gasteiger partial charge in [0, 0.05) is 5.39 Å². The number of hydrogen-bond donors (Lipinski definition) is 2. The Kier molecular flexibility index (Phi) is 1.98. The third-order valence-corrected chi connectivity index (χ3v) is 1.75. The summed E-state index contributed by atoms with van der Waals surface area (Å²) >= 11 is 0. The molecule has 70 valence electrons. The molecule has 0 saturated carbocycles. The molecule has 2 amide bonds. The molecule has 2 rings (SSSR count). The van der Waals surface area contributed by atoms with Crippen molar-refractivity contribution in [2.75, 3.05) is 5.32 Å². The smallest absolute Gasteiger partial charge is 0.317 e. The molecule has 0 radical (unpaired) electrons. The Balaban J connectivity index is 2.46. The molecule has 0 atom stereocenters. The SMILES string of the molecule is NC(=O)Nc1cc2ccccc2nn1. The lowest BCUT2D eigenvalue weighted by molar-refractivity contribution is 0.259. The fourth-order valence-electron chi connectivity index (χ4n) is 1.17. The summed E-state index contributed by atoms with van der Waals surface area (Å²) in [7, 11) is 0. The minimum absolute atomic E-state index is 0.358. The summed E-state index contributed by atoms with van der Waals surface area (Å²) in [6.07, 6.45) is 0. The van der Waals surface area contributed by atoms with Gasteiger partial charge < -0.3 is 5.73 Å². The van der Waals surface area contributed by atoms with Crippen LogP contribution in [0.3, 0.4) is 0 Å². The highest BCUT2D eigenvalue weighted by molar-refractivity contribution is 5.89. The highest BCUT2D eigenvalue weighted by atomic mass is 16.2. The Morgan fingerprint density at radius 1 is 1.29 bits per heavy atom. The second-order valence-electron chi connectivity index (χ2n) is 2.78. The Hall–Kier alpha value is -2.17. The predicted molar refractivity (Wildman–Crippen MR) is 52.7 cm³/mol. The van der Waals surface area contributed by atoms with Crippen LogP contribution in [0.15, 0.2) is 30.3 Å². The molecule has 1 aromatic carbocycles. The maximum atomic E-state index is 10.5. The lowest BCUT2D eigenvalue weighted by Crippen LogP contribution is -2.20. The standard InChI is InChI=1S/C9H8N4O/c10-9(14)11-8-5-6-3-1-2-4-7(6)12-13-8/h1-5H,(H3,10,11,13,14). The number of primary amides is 1. The number of aromatic nitrogens is 2. The van der Waals surface area contributed by atoms with Gasteiger partial charge in [0.1, 0.15) is 0 Å². The van der Waals surface area contributed by atoms with Gasteiger partial charge in [-0.2, -0.15) is 0 Å². The van der Waals surface area contributed by atoms with Crippen LogP contribution in [0.1, 0.15) is 0 Å². The number of benzene rings is 1. The largest absolute Gasteiger partial charge is 0.351 e. The number of nitrogens with two attached hydrogens (primary N) is 1. The van der Waals surface area contributed by atoms with E-state index < -0.39 is 6.03 Å². The number of urea groups is 1. The molecule has 0 fully saturated rings. The van der Waals surface area contributed by atoms with Crippen molar-refractivity contribution in [3.63, 3.8) is 0 Å². The van der Waals surface area contributed by atoms with E-state index in [0.717, 1.165) is 10.9 Å². The summed E-state index contributed by atoms with van der Waals surface area (Å²) in [5.74, 6) is 0.358. The van der Waals surface area contributed by atoms with Gasteiger partial charge in [0.25, 0.3) is 0 Å². The Labute approximate surface area is 79.9 Å². The van der Waals surface area contributed by atoms with Crippen LogP contribution in [-0.2, 0) is 0 Å². The molecular formula is C9H8N4O. The molecule has 0 bridgehead atoms. The molecule has 0 spiro atoms. The molecule has 14 heavy (non-hydrogen) atoms. The van der Waals surface area contributed by atoms with Crippen molar-refractivity contribution in [1.82, 2.24) is 10.2 Å². The molecular weight excluding hydrogens is 180 g/mol. The molecule has 0 unspecified atom stereocenters. The van der Waals surface area contributed by atoms with Crippen molar-refractivity contribution >= 4 is 22.8 Å². The number of fused-ring (bicyclic) bond motifs is 1. The fraction of sp³-hybridized carbons (Fsp3) is 0. The van der Waals surface area contributed by atoms with Crippen molar-refractivity contribution in [3.8, 4) is 0 Å². The molecule has 0 aliphatic carbocycles. The summed E-state index contributed by atoms with van der Waals surface area (Å²) < 4.78 is 0. The number of amides is 2. The van der Waals surface area contributed by atoms with Gasteiger partial charge in [-0.05, 0) is 12.1 Å². The molecule has 1 heterocycles. The van der Waals surface area contributed by atoms with E-state index >= 15 is 0 Å². The van der Waals surface area contributed by atoms with Gasteiger partial charge >= 0.3 is 6.03 Å². The maximum Gasteiger partial charge on any atom is 0.317 e. The molecule has 3 N–H and O–H groups in total. The van der Waals surface area contributed by atoms with Crippen LogP contribution >= 0.6 is 0 Å². The predicted octanol–water partition coefficient (Wildman–Crippen LogP) is 1.12. The molecule has 5 nitrogen and oxygen atoms in total. The molecule has 0 aliphatic heterocycles. The molecule has 2 aromatic rings. The lowest BCUT2D eigenvalue weighted by Gasteiger charge is -2.00. The van der Waals surface area contributed by atoms with Crippen molar-refractivity contribution < 1.29 is 4.79 Å². The zero-order chi connectivity index (χ0) is 9.97. The number of rotatable bonds is 1. The molecule has 1 aromatic heterocycles. The van der Waals surface area contributed by atoms with Gasteiger partial charge in [-0.15, -0.1) is 10.2 Å². The van der Waals surface area contributed by atoms with Crippen molar-refractivity contribution in [3.05, 3.63) is 30.3 Å². The van der Waals surface area contributed by atoms with Gasteiger partial charge in [-0.1, -0.05) is 18.2 Å². The van der Waals surface area contributed by atoms with Crippen LogP contribution in [0.5, 0.6) is 0 Å². The van der Waals surface area contributed by atoms with Crippen molar-refractivity contribution in [2.45, 2.75) is 0 Å². The number of hydrogen-bond acceptors (Lipinski definition) is 3. The van der Waals surface area contributed by atoms with Crippen LogP contribution < -0.4 is 11.1 Å². The van der Waals surface area contributed by atoms with Gasteiger partial charge in [0.15, 0.2) is 5.82 Å². The van der Waals surface area contributed by atoms with E-state index in [0.29, 0.717) is 5.82 Å². The minimum atomic E-state index is -0.644. The Morgan fingerprint density at radius 2 is 2.07 bits per heavy atom. The molecule has 0 aliphatic rings.